The molecule has 150 valence electrons. The van der Waals surface area contributed by atoms with Gasteiger partial charge >= 0.3 is 6.09 Å². The molecule has 7 heteroatoms. The van der Waals surface area contributed by atoms with Crippen LogP contribution in [0.2, 0.25) is 0 Å². The molecule has 0 fully saturated rings. The van der Waals surface area contributed by atoms with E-state index in [2.05, 4.69) is 5.10 Å². The van der Waals surface area contributed by atoms with E-state index in [0.717, 1.165) is 17.0 Å². The molecule has 3 rings (SSSR count). The summed E-state index contributed by atoms with van der Waals surface area (Å²) in [6.07, 6.45) is 0.908. The number of anilines is 1. The van der Waals surface area contributed by atoms with E-state index in [4.69, 9.17) is 4.74 Å². The lowest BCUT2D eigenvalue weighted by Crippen LogP contribution is -2.28. The van der Waals surface area contributed by atoms with E-state index in [1.165, 1.54) is 11.0 Å². The van der Waals surface area contributed by atoms with Crippen LogP contribution in [-0.2, 0) is 6.42 Å². The van der Waals surface area contributed by atoms with E-state index in [1.54, 1.807) is 36.0 Å². The van der Waals surface area contributed by atoms with Gasteiger partial charge in [-0.1, -0.05) is 18.2 Å². The van der Waals surface area contributed by atoms with Crippen molar-refractivity contribution in [3.8, 4) is 11.4 Å². The molecule has 29 heavy (non-hydrogen) atoms. The molecule has 0 bridgehead atoms. The third kappa shape index (κ3) is 4.82. The van der Waals surface area contributed by atoms with Crippen LogP contribution in [-0.4, -0.2) is 34.1 Å². The Morgan fingerprint density at radius 2 is 1.93 bits per heavy atom. The Bertz CT molecular complexity index is 1060. The number of amides is 1. The van der Waals surface area contributed by atoms with Crippen molar-refractivity contribution in [3.05, 3.63) is 82.3 Å². The quantitative estimate of drug-likeness (QED) is 0.661. The maximum atomic E-state index is 12.4. The lowest BCUT2D eigenvalue weighted by atomic mass is 10.1. The van der Waals surface area contributed by atoms with Gasteiger partial charge in [0.25, 0.3) is 0 Å². The van der Waals surface area contributed by atoms with E-state index in [9.17, 15) is 14.7 Å². The average molecular weight is 393 g/mol. The number of ether oxygens (including phenoxy) is 1. The van der Waals surface area contributed by atoms with Crippen LogP contribution in [0.3, 0.4) is 0 Å². The van der Waals surface area contributed by atoms with Crippen molar-refractivity contribution in [2.45, 2.75) is 20.3 Å². The number of benzene rings is 2. The predicted molar refractivity (Wildman–Crippen MR) is 111 cm³/mol. The van der Waals surface area contributed by atoms with Crippen molar-refractivity contribution in [3.63, 3.8) is 0 Å². The van der Waals surface area contributed by atoms with Crippen LogP contribution >= 0.6 is 0 Å². The molecule has 0 atom stereocenters. The van der Waals surface area contributed by atoms with Gasteiger partial charge in [-0.2, -0.15) is 5.10 Å². The Kier molecular flexibility index (Phi) is 6.29. The first kappa shape index (κ1) is 20.1. The minimum Gasteiger partial charge on any atom is -0.494 e. The molecule has 1 heterocycles. The van der Waals surface area contributed by atoms with Crippen LogP contribution in [0.5, 0.6) is 5.75 Å². The zero-order valence-corrected chi connectivity index (χ0v) is 16.4. The van der Waals surface area contributed by atoms with Gasteiger partial charge in [0, 0.05) is 37.0 Å². The second-order valence-electron chi connectivity index (χ2n) is 6.38. The van der Waals surface area contributed by atoms with Crippen molar-refractivity contribution in [1.82, 2.24) is 9.78 Å². The SMILES string of the molecule is CCOc1cccc(-n2ccc(=O)c(Cc3cccc(N(CC)C(=O)O)c3)n2)c1. The minimum atomic E-state index is -1.01. The number of nitrogens with zero attached hydrogens (tertiary/aromatic N) is 3. The lowest BCUT2D eigenvalue weighted by molar-refractivity contribution is 0.202. The highest BCUT2D eigenvalue weighted by Crippen LogP contribution is 2.19. The zero-order valence-electron chi connectivity index (χ0n) is 16.4. The Morgan fingerprint density at radius 1 is 1.14 bits per heavy atom. The Morgan fingerprint density at radius 3 is 2.66 bits per heavy atom. The number of rotatable bonds is 7. The number of hydrogen-bond donors (Lipinski definition) is 1. The molecule has 0 spiro atoms. The van der Waals surface area contributed by atoms with Crippen molar-refractivity contribution in [2.75, 3.05) is 18.1 Å². The van der Waals surface area contributed by atoms with Gasteiger partial charge in [0.2, 0.25) is 5.43 Å². The fourth-order valence-corrected chi connectivity index (χ4v) is 3.05. The van der Waals surface area contributed by atoms with Gasteiger partial charge in [0.1, 0.15) is 11.4 Å². The molecule has 2 aromatic carbocycles. The van der Waals surface area contributed by atoms with Gasteiger partial charge in [-0.25, -0.2) is 9.48 Å². The largest absolute Gasteiger partial charge is 0.494 e. The van der Waals surface area contributed by atoms with Crippen LogP contribution in [0.25, 0.3) is 5.69 Å². The molecule has 0 saturated heterocycles. The summed E-state index contributed by atoms with van der Waals surface area (Å²) in [5.41, 5.74) is 2.38. The molecule has 7 nitrogen and oxygen atoms in total. The Labute approximate surface area is 168 Å². The van der Waals surface area contributed by atoms with E-state index in [1.807, 2.05) is 37.3 Å². The number of carbonyl (C=O) groups is 1. The summed E-state index contributed by atoms with van der Waals surface area (Å²) in [5.74, 6) is 0.730. The van der Waals surface area contributed by atoms with Crippen LogP contribution in [0.4, 0.5) is 10.5 Å². The highest BCUT2D eigenvalue weighted by Gasteiger charge is 2.13. The first-order valence-electron chi connectivity index (χ1n) is 9.43. The van der Waals surface area contributed by atoms with Crippen LogP contribution < -0.4 is 15.1 Å². The highest BCUT2D eigenvalue weighted by molar-refractivity contribution is 5.86. The zero-order chi connectivity index (χ0) is 20.8. The Balaban J connectivity index is 1.91. The third-order valence-corrected chi connectivity index (χ3v) is 4.41. The second kappa shape index (κ2) is 9.05. The summed E-state index contributed by atoms with van der Waals surface area (Å²) < 4.78 is 7.17. The topological polar surface area (TPSA) is 84.7 Å². The average Bonchev–Trinajstić information content (AvgIpc) is 2.71. The molecular formula is C22H23N3O4. The summed E-state index contributed by atoms with van der Waals surface area (Å²) in [7, 11) is 0. The number of carboxylic acid groups (broad SMARTS) is 1. The number of aromatic nitrogens is 2. The van der Waals surface area contributed by atoms with Crippen molar-refractivity contribution >= 4 is 11.8 Å². The van der Waals surface area contributed by atoms with Crippen LogP contribution in [0.1, 0.15) is 25.1 Å². The van der Waals surface area contributed by atoms with Gasteiger partial charge in [-0.3, -0.25) is 9.69 Å². The molecule has 0 aliphatic rings. The maximum Gasteiger partial charge on any atom is 0.411 e. The summed E-state index contributed by atoms with van der Waals surface area (Å²) >= 11 is 0. The van der Waals surface area contributed by atoms with Gasteiger partial charge in [0.15, 0.2) is 0 Å². The molecule has 1 amide bonds. The fourth-order valence-electron chi connectivity index (χ4n) is 3.05. The molecule has 3 aromatic rings. The van der Waals surface area contributed by atoms with Gasteiger partial charge < -0.3 is 9.84 Å². The fraction of sp³-hybridized carbons (Fsp3) is 0.227. The summed E-state index contributed by atoms with van der Waals surface area (Å²) in [5, 5.41) is 13.8. The van der Waals surface area contributed by atoms with Gasteiger partial charge in [-0.15, -0.1) is 0 Å². The molecule has 0 saturated carbocycles. The third-order valence-electron chi connectivity index (χ3n) is 4.41. The predicted octanol–water partition coefficient (Wildman–Crippen LogP) is 3.73. The highest BCUT2D eigenvalue weighted by atomic mass is 16.5. The molecule has 1 aromatic heterocycles. The van der Waals surface area contributed by atoms with E-state index in [-0.39, 0.29) is 5.43 Å². The monoisotopic (exact) mass is 393 g/mol. The smallest absolute Gasteiger partial charge is 0.411 e. The minimum absolute atomic E-state index is 0.168. The molecule has 1 N–H and O–H groups in total. The molecule has 0 aliphatic carbocycles. The van der Waals surface area contributed by atoms with E-state index in [0.29, 0.717) is 31.0 Å². The molecular weight excluding hydrogens is 370 g/mol. The maximum absolute atomic E-state index is 12.4. The van der Waals surface area contributed by atoms with Crippen molar-refractivity contribution < 1.29 is 14.6 Å². The standard InChI is InChI=1S/C22H23N3O4/c1-3-24(22(27)28)17-8-5-7-16(13-17)14-20-21(26)11-12-25(23-20)18-9-6-10-19(15-18)29-4-2/h5-13,15H,3-4,14H2,1-2H3,(H,27,28). The van der Waals surface area contributed by atoms with Crippen LogP contribution in [0, 0.1) is 0 Å². The number of hydrogen-bond acceptors (Lipinski definition) is 4. The first-order valence-corrected chi connectivity index (χ1v) is 9.43. The van der Waals surface area contributed by atoms with Gasteiger partial charge in [-0.05, 0) is 43.7 Å². The van der Waals surface area contributed by atoms with Gasteiger partial charge in [0.05, 0.1) is 12.3 Å². The second-order valence-corrected chi connectivity index (χ2v) is 6.38. The van der Waals surface area contributed by atoms with E-state index >= 15 is 0 Å². The molecule has 0 radical (unpaired) electrons. The summed E-state index contributed by atoms with van der Waals surface area (Å²) in [6, 6.07) is 16.1. The van der Waals surface area contributed by atoms with Crippen LogP contribution in [0.15, 0.2) is 65.6 Å². The first-order chi connectivity index (χ1) is 14.0. The van der Waals surface area contributed by atoms with E-state index < -0.39 is 6.09 Å². The van der Waals surface area contributed by atoms with Crippen molar-refractivity contribution in [1.29, 1.82) is 0 Å². The summed E-state index contributed by atoms with van der Waals surface area (Å²) in [6.45, 7) is 4.59. The Hall–Kier alpha value is -3.61. The summed E-state index contributed by atoms with van der Waals surface area (Å²) in [4.78, 5) is 25.0. The molecule has 0 aliphatic heterocycles. The van der Waals surface area contributed by atoms with Crippen molar-refractivity contribution in [2.24, 2.45) is 0 Å². The lowest BCUT2D eigenvalue weighted by Gasteiger charge is -2.17. The normalized spacial score (nSPS) is 10.6. The molecule has 0 unspecified atom stereocenters.